The van der Waals surface area contributed by atoms with Crippen molar-refractivity contribution in [2.24, 2.45) is 0 Å². The number of pyridine rings is 1. The highest BCUT2D eigenvalue weighted by molar-refractivity contribution is 5.45. The maximum Gasteiger partial charge on any atom is 0.0449 e. The fourth-order valence-electron chi connectivity index (χ4n) is 0.872. The van der Waals surface area contributed by atoms with Crippen LogP contribution in [0.25, 0.3) is 0 Å². The maximum atomic E-state index is 5.72. The van der Waals surface area contributed by atoms with Crippen LogP contribution in [0.5, 0.6) is 0 Å². The first-order valence-corrected chi connectivity index (χ1v) is 3.83. The van der Waals surface area contributed by atoms with Gasteiger partial charge >= 0.3 is 0 Å². The van der Waals surface area contributed by atoms with Gasteiger partial charge in [0.15, 0.2) is 0 Å². The Bertz CT molecular complexity index is 254. The van der Waals surface area contributed by atoms with E-state index < -0.39 is 0 Å². The van der Waals surface area contributed by atoms with Gasteiger partial charge in [0.25, 0.3) is 0 Å². The highest BCUT2D eigenvalue weighted by Gasteiger charge is 2.01. The highest BCUT2D eigenvalue weighted by atomic mass is 14.7. The van der Waals surface area contributed by atoms with E-state index in [2.05, 4.69) is 18.8 Å². The van der Waals surface area contributed by atoms with E-state index in [4.69, 9.17) is 5.73 Å². The van der Waals surface area contributed by atoms with Crippen LogP contribution in [0.15, 0.2) is 12.3 Å². The van der Waals surface area contributed by atoms with Gasteiger partial charge < -0.3 is 5.73 Å². The van der Waals surface area contributed by atoms with Crippen LogP contribution >= 0.6 is 0 Å². The van der Waals surface area contributed by atoms with Crippen LogP contribution in [0.2, 0.25) is 0 Å². The third-order valence-electron chi connectivity index (χ3n) is 1.76. The molecule has 0 aliphatic carbocycles. The lowest BCUT2D eigenvalue weighted by Gasteiger charge is -2.05. The number of aryl methyl sites for hydroxylation is 1. The van der Waals surface area contributed by atoms with Gasteiger partial charge in [-0.05, 0) is 24.5 Å². The average Bonchev–Trinajstić information content (AvgIpc) is 1.94. The molecule has 0 saturated carbocycles. The van der Waals surface area contributed by atoms with Gasteiger partial charge in [0.2, 0.25) is 0 Å². The summed E-state index contributed by atoms with van der Waals surface area (Å²) in [6, 6.07) is 1.94. The second-order valence-electron chi connectivity index (χ2n) is 3.12. The van der Waals surface area contributed by atoms with E-state index in [9.17, 15) is 0 Å². The minimum absolute atomic E-state index is 0.456. The Morgan fingerprint density at radius 1 is 1.45 bits per heavy atom. The Hall–Kier alpha value is -1.05. The predicted octanol–water partition coefficient (Wildman–Crippen LogP) is 2.10. The van der Waals surface area contributed by atoms with Crippen molar-refractivity contribution in [2.75, 3.05) is 5.73 Å². The van der Waals surface area contributed by atoms with E-state index in [-0.39, 0.29) is 0 Å². The SMILES string of the molecule is Cc1cnc(C(C)C)cc1N. The number of hydrogen-bond donors (Lipinski definition) is 1. The molecular formula is C9H14N2. The maximum absolute atomic E-state index is 5.72. The average molecular weight is 150 g/mol. The van der Waals surface area contributed by atoms with Gasteiger partial charge in [0.1, 0.15) is 0 Å². The Balaban J connectivity index is 3.05. The molecule has 1 heterocycles. The zero-order valence-electron chi connectivity index (χ0n) is 7.26. The quantitative estimate of drug-likeness (QED) is 0.665. The van der Waals surface area contributed by atoms with Gasteiger partial charge in [-0.1, -0.05) is 13.8 Å². The van der Waals surface area contributed by atoms with Gasteiger partial charge in [-0.2, -0.15) is 0 Å². The Morgan fingerprint density at radius 2 is 2.09 bits per heavy atom. The molecule has 11 heavy (non-hydrogen) atoms. The number of hydrogen-bond acceptors (Lipinski definition) is 2. The van der Waals surface area contributed by atoms with E-state index in [0.717, 1.165) is 16.9 Å². The first-order chi connectivity index (χ1) is 5.11. The summed E-state index contributed by atoms with van der Waals surface area (Å²) in [6.45, 7) is 6.18. The molecule has 0 aliphatic rings. The third kappa shape index (κ3) is 1.70. The van der Waals surface area contributed by atoms with E-state index in [1.54, 1.807) is 0 Å². The molecule has 0 radical (unpaired) electrons. The lowest BCUT2D eigenvalue weighted by Crippen LogP contribution is -1.97. The largest absolute Gasteiger partial charge is 0.398 e. The summed E-state index contributed by atoms with van der Waals surface area (Å²) >= 11 is 0. The molecule has 0 atom stereocenters. The second-order valence-corrected chi connectivity index (χ2v) is 3.12. The number of rotatable bonds is 1. The van der Waals surface area contributed by atoms with E-state index >= 15 is 0 Å². The molecule has 0 aromatic carbocycles. The van der Waals surface area contributed by atoms with E-state index in [1.165, 1.54) is 0 Å². The molecule has 0 aliphatic heterocycles. The van der Waals surface area contributed by atoms with Crippen molar-refractivity contribution >= 4 is 5.69 Å². The van der Waals surface area contributed by atoms with E-state index in [1.807, 2.05) is 19.2 Å². The number of nitrogen functional groups attached to an aromatic ring is 1. The van der Waals surface area contributed by atoms with Crippen molar-refractivity contribution in [3.63, 3.8) is 0 Å². The molecular weight excluding hydrogens is 136 g/mol. The molecule has 0 saturated heterocycles. The Kier molecular flexibility index (Phi) is 2.13. The summed E-state index contributed by atoms with van der Waals surface area (Å²) in [6.07, 6.45) is 1.82. The fraction of sp³-hybridized carbons (Fsp3) is 0.444. The predicted molar refractivity (Wildman–Crippen MR) is 47.5 cm³/mol. The summed E-state index contributed by atoms with van der Waals surface area (Å²) in [5.74, 6) is 0.456. The summed E-state index contributed by atoms with van der Waals surface area (Å²) in [4.78, 5) is 4.26. The van der Waals surface area contributed by atoms with Crippen molar-refractivity contribution in [3.05, 3.63) is 23.5 Å². The Morgan fingerprint density at radius 3 is 2.55 bits per heavy atom. The monoisotopic (exact) mass is 150 g/mol. The second kappa shape index (κ2) is 2.91. The minimum atomic E-state index is 0.456. The number of anilines is 1. The molecule has 1 aromatic heterocycles. The van der Waals surface area contributed by atoms with Gasteiger partial charge in [-0.15, -0.1) is 0 Å². The molecule has 60 valence electrons. The zero-order chi connectivity index (χ0) is 8.43. The molecule has 0 unspecified atom stereocenters. The van der Waals surface area contributed by atoms with Crippen LogP contribution in [0.3, 0.4) is 0 Å². The van der Waals surface area contributed by atoms with Crippen molar-refractivity contribution in [3.8, 4) is 0 Å². The van der Waals surface area contributed by atoms with Gasteiger partial charge in [-0.3, -0.25) is 4.98 Å². The number of nitrogens with two attached hydrogens (primary N) is 1. The topological polar surface area (TPSA) is 38.9 Å². The lowest BCUT2D eigenvalue weighted by atomic mass is 10.1. The molecule has 0 fully saturated rings. The highest BCUT2D eigenvalue weighted by Crippen LogP contribution is 2.16. The summed E-state index contributed by atoms with van der Waals surface area (Å²) in [7, 11) is 0. The number of nitrogens with zero attached hydrogens (tertiary/aromatic N) is 1. The van der Waals surface area contributed by atoms with Crippen molar-refractivity contribution in [1.29, 1.82) is 0 Å². The molecule has 2 N–H and O–H groups in total. The van der Waals surface area contributed by atoms with Crippen LogP contribution < -0.4 is 5.73 Å². The van der Waals surface area contributed by atoms with Gasteiger partial charge in [0.05, 0.1) is 0 Å². The summed E-state index contributed by atoms with van der Waals surface area (Å²) in [5, 5.41) is 0. The Labute approximate surface area is 67.5 Å². The van der Waals surface area contributed by atoms with Gasteiger partial charge in [0, 0.05) is 17.6 Å². The molecule has 2 heteroatoms. The van der Waals surface area contributed by atoms with Crippen molar-refractivity contribution in [1.82, 2.24) is 4.98 Å². The molecule has 2 nitrogen and oxygen atoms in total. The first kappa shape index (κ1) is 8.05. The molecule has 0 spiro atoms. The standard InChI is InChI=1S/C9H14N2/c1-6(2)9-4-8(10)7(3)5-11-9/h4-6H,1-3H3,(H2,10,11). The van der Waals surface area contributed by atoms with Crippen LogP contribution in [0.4, 0.5) is 5.69 Å². The van der Waals surface area contributed by atoms with Crippen LogP contribution in [-0.4, -0.2) is 4.98 Å². The van der Waals surface area contributed by atoms with Crippen LogP contribution in [-0.2, 0) is 0 Å². The molecule has 0 amide bonds. The van der Waals surface area contributed by atoms with Crippen LogP contribution in [0, 0.1) is 6.92 Å². The fourth-order valence-corrected chi connectivity index (χ4v) is 0.872. The van der Waals surface area contributed by atoms with Crippen molar-refractivity contribution in [2.45, 2.75) is 26.7 Å². The lowest BCUT2D eigenvalue weighted by molar-refractivity contribution is 0.822. The van der Waals surface area contributed by atoms with Gasteiger partial charge in [-0.25, -0.2) is 0 Å². The summed E-state index contributed by atoms with van der Waals surface area (Å²) in [5.41, 5.74) is 8.67. The van der Waals surface area contributed by atoms with Crippen molar-refractivity contribution < 1.29 is 0 Å². The smallest absolute Gasteiger partial charge is 0.0449 e. The molecule has 1 aromatic rings. The molecule has 1 rings (SSSR count). The van der Waals surface area contributed by atoms with E-state index in [0.29, 0.717) is 5.92 Å². The normalized spacial score (nSPS) is 10.5. The zero-order valence-corrected chi connectivity index (χ0v) is 7.26. The molecule has 0 bridgehead atoms. The third-order valence-corrected chi connectivity index (χ3v) is 1.76. The minimum Gasteiger partial charge on any atom is -0.398 e. The first-order valence-electron chi connectivity index (χ1n) is 3.83. The summed E-state index contributed by atoms with van der Waals surface area (Å²) < 4.78 is 0. The number of aromatic nitrogens is 1. The van der Waals surface area contributed by atoms with Crippen LogP contribution in [0.1, 0.15) is 31.0 Å².